The fourth-order valence-corrected chi connectivity index (χ4v) is 4.89. The number of benzene rings is 4. The van der Waals surface area contributed by atoms with E-state index >= 15 is 0 Å². The minimum Gasteiger partial charge on any atom is -0.495 e. The number of hydrogen-bond donors (Lipinski definition) is 1. The lowest BCUT2D eigenvalue weighted by molar-refractivity contribution is 0.102. The number of aromatic nitrogens is 1. The number of carbonyl (C=O) groups excluding carboxylic acids is 1. The molecule has 0 saturated carbocycles. The summed E-state index contributed by atoms with van der Waals surface area (Å²) in [6.07, 6.45) is 0. The van der Waals surface area contributed by atoms with Gasteiger partial charge in [-0.3, -0.25) is 4.79 Å². The molecule has 0 saturated heterocycles. The second-order valence-electron chi connectivity index (χ2n) is 7.28. The molecule has 0 spiro atoms. The molecule has 0 aliphatic rings. The van der Waals surface area contributed by atoms with Crippen molar-refractivity contribution in [2.24, 2.45) is 0 Å². The molecule has 5 rings (SSSR count). The van der Waals surface area contributed by atoms with Crippen molar-refractivity contribution in [3.8, 4) is 17.2 Å². The van der Waals surface area contributed by atoms with Crippen LogP contribution in [0.15, 0.2) is 75.6 Å². The molecule has 0 aliphatic heterocycles. The quantitative estimate of drug-likeness (QED) is 0.250. The van der Waals surface area contributed by atoms with Gasteiger partial charge >= 0.3 is 0 Å². The van der Waals surface area contributed by atoms with Crippen LogP contribution in [0, 0.1) is 0 Å². The Labute approximate surface area is 207 Å². The van der Waals surface area contributed by atoms with Crippen molar-refractivity contribution >= 4 is 72.6 Å². The number of halogens is 3. The smallest absolute Gasteiger partial charge is 0.259 e. The van der Waals surface area contributed by atoms with Gasteiger partial charge in [0.25, 0.3) is 5.91 Å². The standard InChI is InChI=1S/C25H15BrCl2N2O3/c1-32-22-18(10-14-4-2-3-5-17(14)21(22)26)24(31)29-16-8-6-13(7-9-16)25-30-20-12-15(27)11-19(28)23(20)33-25/h2-12H,1H3,(H,29,31). The number of ether oxygens (including phenoxy) is 1. The average Bonchev–Trinajstić information content (AvgIpc) is 3.24. The van der Waals surface area contributed by atoms with Gasteiger partial charge in [-0.25, -0.2) is 4.98 Å². The highest BCUT2D eigenvalue weighted by Gasteiger charge is 2.19. The summed E-state index contributed by atoms with van der Waals surface area (Å²) in [5.41, 5.74) is 2.84. The van der Waals surface area contributed by atoms with Gasteiger partial charge in [0.1, 0.15) is 11.3 Å². The summed E-state index contributed by atoms with van der Waals surface area (Å²) in [7, 11) is 1.54. The van der Waals surface area contributed by atoms with Crippen LogP contribution in [0.2, 0.25) is 10.0 Å². The first-order valence-corrected chi connectivity index (χ1v) is 11.4. The minimum atomic E-state index is -0.283. The van der Waals surface area contributed by atoms with E-state index in [9.17, 15) is 4.79 Å². The molecule has 33 heavy (non-hydrogen) atoms. The second kappa shape index (κ2) is 8.71. The summed E-state index contributed by atoms with van der Waals surface area (Å²) < 4.78 is 12.1. The maximum absolute atomic E-state index is 13.1. The van der Waals surface area contributed by atoms with E-state index < -0.39 is 0 Å². The number of amides is 1. The summed E-state index contributed by atoms with van der Waals surface area (Å²) in [5.74, 6) is 0.603. The molecule has 8 heteroatoms. The van der Waals surface area contributed by atoms with Crippen LogP contribution < -0.4 is 10.1 Å². The Kier molecular flexibility index (Phi) is 5.74. The van der Waals surface area contributed by atoms with Crippen molar-refractivity contribution in [3.05, 3.63) is 86.8 Å². The van der Waals surface area contributed by atoms with E-state index in [2.05, 4.69) is 26.2 Å². The van der Waals surface area contributed by atoms with Crippen LogP contribution in [0.3, 0.4) is 0 Å². The van der Waals surface area contributed by atoms with Crippen LogP contribution >= 0.6 is 39.1 Å². The Morgan fingerprint density at radius 3 is 2.58 bits per heavy atom. The summed E-state index contributed by atoms with van der Waals surface area (Å²) >= 11 is 15.8. The molecule has 0 unspecified atom stereocenters. The van der Waals surface area contributed by atoms with Crippen LogP contribution in [-0.4, -0.2) is 18.0 Å². The molecule has 1 N–H and O–H groups in total. The fraction of sp³-hybridized carbons (Fsp3) is 0.0400. The molecule has 1 heterocycles. The van der Waals surface area contributed by atoms with E-state index in [1.54, 1.807) is 31.4 Å². The molecule has 1 amide bonds. The number of nitrogens with zero attached hydrogens (tertiary/aromatic N) is 1. The first-order chi connectivity index (χ1) is 15.9. The molecular weight excluding hydrogens is 527 g/mol. The second-order valence-corrected chi connectivity index (χ2v) is 8.92. The van der Waals surface area contributed by atoms with Gasteiger partial charge in [-0.2, -0.15) is 0 Å². The van der Waals surface area contributed by atoms with Crippen LogP contribution in [-0.2, 0) is 0 Å². The lowest BCUT2D eigenvalue weighted by Crippen LogP contribution is -2.13. The molecule has 4 aromatic carbocycles. The van der Waals surface area contributed by atoms with E-state index in [1.165, 1.54) is 0 Å². The Morgan fingerprint density at radius 2 is 1.82 bits per heavy atom. The highest BCUT2D eigenvalue weighted by molar-refractivity contribution is 9.10. The Balaban J connectivity index is 1.43. The fourth-order valence-electron chi connectivity index (χ4n) is 3.63. The third-order valence-electron chi connectivity index (χ3n) is 5.19. The van der Waals surface area contributed by atoms with Crippen LogP contribution in [0.25, 0.3) is 33.3 Å². The van der Waals surface area contributed by atoms with Gasteiger partial charge in [-0.15, -0.1) is 0 Å². The number of nitrogens with one attached hydrogen (secondary N) is 1. The van der Waals surface area contributed by atoms with E-state index in [0.29, 0.717) is 44.0 Å². The molecule has 0 aliphatic carbocycles. The highest BCUT2D eigenvalue weighted by atomic mass is 79.9. The number of carbonyl (C=O) groups is 1. The number of anilines is 1. The van der Waals surface area contributed by atoms with Gasteiger partial charge in [-0.1, -0.05) is 47.5 Å². The van der Waals surface area contributed by atoms with Crippen molar-refractivity contribution in [2.75, 3.05) is 12.4 Å². The Morgan fingerprint density at radius 1 is 1.06 bits per heavy atom. The van der Waals surface area contributed by atoms with E-state index in [0.717, 1.165) is 20.8 Å². The minimum absolute atomic E-state index is 0.283. The zero-order valence-corrected chi connectivity index (χ0v) is 20.3. The van der Waals surface area contributed by atoms with Crippen molar-refractivity contribution in [3.63, 3.8) is 0 Å². The van der Waals surface area contributed by atoms with Gasteiger partial charge in [0.15, 0.2) is 5.58 Å². The van der Waals surface area contributed by atoms with Gasteiger partial charge in [0.2, 0.25) is 5.89 Å². The third-order valence-corrected chi connectivity index (χ3v) is 6.48. The lowest BCUT2D eigenvalue weighted by Gasteiger charge is -2.13. The SMILES string of the molecule is COc1c(C(=O)Nc2ccc(-c3nc4cc(Cl)cc(Cl)c4o3)cc2)cc2ccccc2c1Br. The van der Waals surface area contributed by atoms with Gasteiger partial charge in [-0.05, 0) is 69.2 Å². The zero-order valence-electron chi connectivity index (χ0n) is 17.2. The van der Waals surface area contributed by atoms with Crippen molar-refractivity contribution in [1.29, 1.82) is 0 Å². The molecule has 0 atom stereocenters. The molecule has 5 nitrogen and oxygen atoms in total. The van der Waals surface area contributed by atoms with E-state index in [1.807, 2.05) is 42.5 Å². The normalized spacial score (nSPS) is 11.2. The van der Waals surface area contributed by atoms with E-state index in [-0.39, 0.29) is 5.91 Å². The van der Waals surface area contributed by atoms with Crippen LogP contribution in [0.4, 0.5) is 5.69 Å². The van der Waals surface area contributed by atoms with E-state index in [4.69, 9.17) is 32.4 Å². The van der Waals surface area contributed by atoms with Gasteiger partial charge in [0, 0.05) is 16.3 Å². The zero-order chi connectivity index (χ0) is 23.1. The number of hydrogen-bond acceptors (Lipinski definition) is 4. The molecular formula is C25H15BrCl2N2O3. The first-order valence-electron chi connectivity index (χ1n) is 9.87. The summed E-state index contributed by atoms with van der Waals surface area (Å²) in [4.78, 5) is 17.5. The molecule has 0 radical (unpaired) electrons. The number of rotatable bonds is 4. The van der Waals surface area contributed by atoms with Crippen molar-refractivity contribution in [1.82, 2.24) is 4.98 Å². The van der Waals surface area contributed by atoms with Gasteiger partial charge in [0.05, 0.1) is 22.2 Å². The molecule has 0 fully saturated rings. The summed E-state index contributed by atoms with van der Waals surface area (Å²) in [6.45, 7) is 0. The molecule has 1 aromatic heterocycles. The molecule has 0 bridgehead atoms. The Bertz CT molecular complexity index is 1530. The highest BCUT2D eigenvalue weighted by Crippen LogP contribution is 2.37. The van der Waals surface area contributed by atoms with Crippen LogP contribution in [0.5, 0.6) is 5.75 Å². The predicted octanol–water partition coefficient (Wildman–Crippen LogP) is 7.98. The maximum atomic E-state index is 13.1. The largest absolute Gasteiger partial charge is 0.495 e. The monoisotopic (exact) mass is 540 g/mol. The number of oxazole rings is 1. The van der Waals surface area contributed by atoms with Crippen LogP contribution in [0.1, 0.15) is 10.4 Å². The topological polar surface area (TPSA) is 64.4 Å². The lowest BCUT2D eigenvalue weighted by atomic mass is 10.0. The average molecular weight is 542 g/mol. The predicted molar refractivity (Wildman–Crippen MR) is 136 cm³/mol. The van der Waals surface area contributed by atoms with Gasteiger partial charge < -0.3 is 14.5 Å². The number of fused-ring (bicyclic) bond motifs is 2. The maximum Gasteiger partial charge on any atom is 0.259 e. The first kappa shape index (κ1) is 21.8. The summed E-state index contributed by atoms with van der Waals surface area (Å²) in [5, 5.41) is 5.70. The third kappa shape index (κ3) is 4.06. The van der Waals surface area contributed by atoms with Crippen molar-refractivity contribution < 1.29 is 13.9 Å². The Hall–Kier alpha value is -3.06. The summed E-state index contributed by atoms with van der Waals surface area (Å²) in [6, 6.07) is 20.1. The number of methoxy groups -OCH3 is 1. The molecule has 164 valence electrons. The molecule has 5 aromatic rings. The van der Waals surface area contributed by atoms with Crippen molar-refractivity contribution in [2.45, 2.75) is 0 Å².